The summed E-state index contributed by atoms with van der Waals surface area (Å²) in [6.07, 6.45) is 1.50. The van der Waals surface area contributed by atoms with Crippen LogP contribution >= 0.6 is 39.0 Å². The first-order valence-corrected chi connectivity index (χ1v) is 11.7. The van der Waals surface area contributed by atoms with Crippen LogP contribution in [-0.2, 0) is 11.3 Å². The zero-order chi connectivity index (χ0) is 20.9. The first kappa shape index (κ1) is 20.8. The van der Waals surface area contributed by atoms with E-state index in [0.29, 0.717) is 5.65 Å². The highest BCUT2D eigenvalue weighted by Gasteiger charge is 2.15. The Morgan fingerprint density at radius 1 is 1.13 bits per heavy atom. The van der Waals surface area contributed by atoms with Crippen LogP contribution in [-0.4, -0.2) is 33.7 Å². The highest BCUT2D eigenvalue weighted by atomic mass is 79.9. The molecule has 6 nitrogen and oxygen atoms in total. The molecule has 4 aromatic rings. The van der Waals surface area contributed by atoms with Crippen LogP contribution < -0.4 is 10.2 Å². The number of hydrogen-bond acceptors (Lipinski definition) is 7. The van der Waals surface area contributed by atoms with E-state index in [9.17, 15) is 4.79 Å². The molecule has 2 aromatic carbocycles. The summed E-state index contributed by atoms with van der Waals surface area (Å²) < 4.78 is 1.87. The molecule has 0 radical (unpaired) electrons. The molecule has 2 heterocycles. The Hall–Kier alpha value is -2.49. The van der Waals surface area contributed by atoms with Crippen LogP contribution in [0.4, 0.5) is 10.8 Å². The molecule has 0 unspecified atom stereocenters. The van der Waals surface area contributed by atoms with Gasteiger partial charge in [-0.25, -0.2) is 9.97 Å². The first-order chi connectivity index (χ1) is 14.6. The van der Waals surface area contributed by atoms with Crippen LogP contribution in [0.5, 0.6) is 0 Å². The number of hydrogen-bond donors (Lipinski definition) is 1. The fourth-order valence-electron chi connectivity index (χ4n) is 2.78. The molecule has 0 spiro atoms. The van der Waals surface area contributed by atoms with Crippen LogP contribution in [0.15, 0.2) is 70.4 Å². The van der Waals surface area contributed by atoms with Gasteiger partial charge in [0.1, 0.15) is 16.1 Å². The van der Waals surface area contributed by atoms with E-state index in [-0.39, 0.29) is 11.7 Å². The average molecular weight is 500 g/mol. The molecule has 1 N–H and O–H groups in total. The molecule has 152 valence electrons. The number of benzene rings is 2. The highest BCUT2D eigenvalue weighted by Crippen LogP contribution is 2.33. The van der Waals surface area contributed by atoms with Gasteiger partial charge in [-0.05, 0) is 29.8 Å². The number of nitrogens with one attached hydrogen (secondary N) is 1. The SMILES string of the molecule is CN(Cc1ccccc1)c1nc2ncnc(SCC(=O)Nc3ccc(Br)cc3)c2s1. The summed E-state index contributed by atoms with van der Waals surface area (Å²) in [5.74, 6) is 0.176. The summed E-state index contributed by atoms with van der Waals surface area (Å²) in [6, 6.07) is 17.7. The number of carbonyl (C=O) groups is 1. The van der Waals surface area contributed by atoms with Crippen LogP contribution in [0.2, 0.25) is 0 Å². The van der Waals surface area contributed by atoms with Gasteiger partial charge in [0.25, 0.3) is 0 Å². The van der Waals surface area contributed by atoms with Crippen LogP contribution in [0, 0.1) is 0 Å². The Kier molecular flexibility index (Phi) is 6.61. The maximum atomic E-state index is 12.3. The zero-order valence-electron chi connectivity index (χ0n) is 16.1. The Labute approximate surface area is 190 Å². The van der Waals surface area contributed by atoms with E-state index in [1.807, 2.05) is 49.5 Å². The van der Waals surface area contributed by atoms with Crippen molar-refractivity contribution >= 4 is 66.1 Å². The first-order valence-electron chi connectivity index (χ1n) is 9.13. The second-order valence-corrected chi connectivity index (χ2v) is 9.37. The lowest BCUT2D eigenvalue weighted by molar-refractivity contribution is -0.113. The van der Waals surface area contributed by atoms with Crippen molar-refractivity contribution in [2.75, 3.05) is 23.0 Å². The summed E-state index contributed by atoms with van der Waals surface area (Å²) in [7, 11) is 2.01. The monoisotopic (exact) mass is 499 g/mol. The molecule has 0 aliphatic rings. The topological polar surface area (TPSA) is 71.0 Å². The van der Waals surface area contributed by atoms with Crippen LogP contribution in [0.3, 0.4) is 0 Å². The van der Waals surface area contributed by atoms with Gasteiger partial charge in [0.2, 0.25) is 5.91 Å². The third-order valence-electron chi connectivity index (χ3n) is 4.20. The summed E-state index contributed by atoms with van der Waals surface area (Å²) >= 11 is 6.32. The van der Waals surface area contributed by atoms with E-state index in [2.05, 4.69) is 53.2 Å². The van der Waals surface area contributed by atoms with Crippen molar-refractivity contribution in [1.29, 1.82) is 0 Å². The van der Waals surface area contributed by atoms with Gasteiger partial charge in [-0.2, -0.15) is 4.98 Å². The number of halogens is 1. The van der Waals surface area contributed by atoms with Gasteiger partial charge in [0, 0.05) is 23.8 Å². The van der Waals surface area contributed by atoms with Crippen molar-refractivity contribution in [2.45, 2.75) is 11.6 Å². The molecular formula is C21H18BrN5OS2. The number of amides is 1. The molecule has 0 aliphatic carbocycles. The number of fused-ring (bicyclic) bond motifs is 1. The quantitative estimate of drug-likeness (QED) is 0.277. The maximum absolute atomic E-state index is 12.3. The molecule has 1 amide bonds. The van der Waals surface area contributed by atoms with Gasteiger partial charge in [-0.1, -0.05) is 69.4 Å². The molecule has 0 saturated carbocycles. The Morgan fingerprint density at radius 3 is 2.67 bits per heavy atom. The van der Waals surface area contributed by atoms with Crippen molar-refractivity contribution in [1.82, 2.24) is 15.0 Å². The average Bonchev–Trinajstić information content (AvgIpc) is 3.20. The molecule has 0 fully saturated rings. The second-order valence-electron chi connectivity index (χ2n) is 6.51. The summed E-state index contributed by atoms with van der Waals surface area (Å²) in [5.41, 5.74) is 2.63. The van der Waals surface area contributed by atoms with E-state index >= 15 is 0 Å². The van der Waals surface area contributed by atoms with E-state index in [4.69, 9.17) is 0 Å². The Bertz CT molecular complexity index is 1150. The van der Waals surface area contributed by atoms with Gasteiger partial charge >= 0.3 is 0 Å². The smallest absolute Gasteiger partial charge is 0.234 e. The number of aromatic nitrogens is 3. The number of nitrogens with zero attached hydrogens (tertiary/aromatic N) is 4. The Balaban J connectivity index is 1.44. The number of thioether (sulfide) groups is 1. The van der Waals surface area contributed by atoms with Crippen LogP contribution in [0.1, 0.15) is 5.56 Å². The van der Waals surface area contributed by atoms with Crippen molar-refractivity contribution in [3.63, 3.8) is 0 Å². The van der Waals surface area contributed by atoms with Crippen molar-refractivity contribution in [3.05, 3.63) is 71.0 Å². The van der Waals surface area contributed by atoms with Gasteiger partial charge in [0.15, 0.2) is 10.8 Å². The van der Waals surface area contributed by atoms with Gasteiger partial charge in [-0.3, -0.25) is 4.79 Å². The van der Waals surface area contributed by atoms with E-state index < -0.39 is 0 Å². The maximum Gasteiger partial charge on any atom is 0.234 e. The lowest BCUT2D eigenvalue weighted by Gasteiger charge is -2.15. The number of anilines is 2. The highest BCUT2D eigenvalue weighted by molar-refractivity contribution is 9.10. The van der Waals surface area contributed by atoms with Crippen molar-refractivity contribution in [2.24, 2.45) is 0 Å². The number of thiazole rings is 1. The molecule has 0 bridgehead atoms. The van der Waals surface area contributed by atoms with Gasteiger partial charge in [0.05, 0.1) is 5.75 Å². The fraction of sp³-hybridized carbons (Fsp3) is 0.143. The van der Waals surface area contributed by atoms with Gasteiger partial charge in [-0.15, -0.1) is 0 Å². The standard InChI is InChI=1S/C21H18BrN5OS2/c1-27(11-14-5-3-2-4-6-14)21-26-19-18(30-21)20(24-13-23-19)29-12-17(28)25-16-9-7-15(22)8-10-16/h2-10,13H,11-12H2,1H3,(H,25,28). The molecule has 0 aliphatic heterocycles. The zero-order valence-corrected chi connectivity index (χ0v) is 19.3. The van der Waals surface area contributed by atoms with E-state index in [0.717, 1.165) is 31.6 Å². The second kappa shape index (κ2) is 9.55. The fourth-order valence-corrected chi connectivity index (χ4v) is 4.89. The molecule has 0 saturated heterocycles. The van der Waals surface area contributed by atoms with E-state index in [1.165, 1.54) is 23.7 Å². The molecule has 9 heteroatoms. The summed E-state index contributed by atoms with van der Waals surface area (Å²) in [4.78, 5) is 27.7. The lowest BCUT2D eigenvalue weighted by Crippen LogP contribution is -2.15. The van der Waals surface area contributed by atoms with Crippen LogP contribution in [0.25, 0.3) is 10.3 Å². The Morgan fingerprint density at radius 2 is 1.90 bits per heavy atom. The van der Waals surface area contributed by atoms with Crippen molar-refractivity contribution in [3.8, 4) is 0 Å². The molecule has 30 heavy (non-hydrogen) atoms. The number of carbonyl (C=O) groups excluding carboxylic acids is 1. The molecule has 4 rings (SSSR count). The normalized spacial score (nSPS) is 10.9. The molecule has 2 aromatic heterocycles. The molecular weight excluding hydrogens is 482 g/mol. The number of rotatable bonds is 7. The minimum absolute atomic E-state index is 0.0833. The van der Waals surface area contributed by atoms with E-state index in [1.54, 1.807) is 11.3 Å². The molecule has 0 atom stereocenters. The van der Waals surface area contributed by atoms with Gasteiger partial charge < -0.3 is 10.2 Å². The van der Waals surface area contributed by atoms with Crippen molar-refractivity contribution < 1.29 is 4.79 Å². The largest absolute Gasteiger partial charge is 0.347 e. The minimum atomic E-state index is -0.0833. The summed E-state index contributed by atoms with van der Waals surface area (Å²) in [6.45, 7) is 0.756. The lowest BCUT2D eigenvalue weighted by atomic mass is 10.2. The third-order valence-corrected chi connectivity index (χ3v) is 7.02. The summed E-state index contributed by atoms with van der Waals surface area (Å²) in [5, 5.41) is 4.53. The third kappa shape index (κ3) is 5.16. The predicted octanol–water partition coefficient (Wildman–Crippen LogP) is 5.22. The predicted molar refractivity (Wildman–Crippen MR) is 127 cm³/mol. The minimum Gasteiger partial charge on any atom is -0.347 e.